The Morgan fingerprint density at radius 1 is 1.32 bits per heavy atom. The van der Waals surface area contributed by atoms with Crippen molar-refractivity contribution in [1.29, 1.82) is 0 Å². The second-order valence-electron chi connectivity index (χ2n) is 8.61. The van der Waals surface area contributed by atoms with Gasteiger partial charge in [-0.2, -0.15) is 10.1 Å². The number of rotatable bonds is 5. The fourth-order valence-electron chi connectivity index (χ4n) is 2.98. The highest BCUT2D eigenvalue weighted by molar-refractivity contribution is 6.15. The lowest BCUT2D eigenvalue weighted by Crippen LogP contribution is -2.25. The first kappa shape index (κ1) is 22.1. The Morgan fingerprint density at radius 2 is 2.06 bits per heavy atom. The number of allylic oxidation sites excluding steroid dienone is 3. The first-order valence-corrected chi connectivity index (χ1v) is 10.00. The maximum Gasteiger partial charge on any atom is 0.292 e. The molecule has 162 valence electrons. The van der Waals surface area contributed by atoms with Crippen LogP contribution in [0.1, 0.15) is 60.9 Å². The van der Waals surface area contributed by atoms with Gasteiger partial charge in [0, 0.05) is 24.6 Å². The van der Waals surface area contributed by atoms with Gasteiger partial charge in [0.2, 0.25) is 5.89 Å². The zero-order chi connectivity index (χ0) is 22.8. The van der Waals surface area contributed by atoms with Crippen LogP contribution in [0.25, 0.3) is 0 Å². The zero-order valence-electron chi connectivity index (χ0n) is 18.9. The topological polar surface area (TPSA) is 96.0 Å². The Balaban J connectivity index is 1.75. The predicted molar refractivity (Wildman–Crippen MR) is 121 cm³/mol. The number of carbonyl (C=O) groups excluding carboxylic acids is 1. The Morgan fingerprint density at radius 3 is 2.68 bits per heavy atom. The van der Waals surface area contributed by atoms with E-state index in [-0.39, 0.29) is 17.1 Å². The molecule has 2 aromatic rings. The number of amides is 1. The van der Waals surface area contributed by atoms with Crippen LogP contribution in [0.3, 0.4) is 0 Å². The Kier molecular flexibility index (Phi) is 6.19. The van der Waals surface area contributed by atoms with Gasteiger partial charge in [-0.05, 0) is 37.1 Å². The van der Waals surface area contributed by atoms with E-state index in [0.717, 1.165) is 33.7 Å². The predicted octanol–water partition coefficient (Wildman–Crippen LogP) is 3.74. The van der Waals surface area contributed by atoms with Crippen LogP contribution in [0, 0.1) is 6.92 Å². The molecule has 8 nitrogen and oxygen atoms in total. The van der Waals surface area contributed by atoms with Crippen LogP contribution in [0.5, 0.6) is 0 Å². The van der Waals surface area contributed by atoms with E-state index in [1.54, 1.807) is 5.01 Å². The van der Waals surface area contributed by atoms with Crippen molar-refractivity contribution in [2.75, 3.05) is 7.05 Å². The summed E-state index contributed by atoms with van der Waals surface area (Å²) in [6.45, 7) is 14.1. The van der Waals surface area contributed by atoms with E-state index in [1.807, 2.05) is 65.9 Å². The molecule has 0 bridgehead atoms. The van der Waals surface area contributed by atoms with Crippen LogP contribution < -0.4 is 5.32 Å². The van der Waals surface area contributed by atoms with Gasteiger partial charge < -0.3 is 9.84 Å². The van der Waals surface area contributed by atoms with Crippen molar-refractivity contribution >= 4 is 18.0 Å². The first-order valence-electron chi connectivity index (χ1n) is 10.00. The maximum absolute atomic E-state index is 12.4. The maximum atomic E-state index is 12.4. The van der Waals surface area contributed by atoms with Crippen molar-refractivity contribution in [2.24, 2.45) is 10.1 Å². The summed E-state index contributed by atoms with van der Waals surface area (Å²) in [5.74, 6) is 0.0927. The average molecular weight is 421 g/mol. The first-order chi connectivity index (χ1) is 14.6. The van der Waals surface area contributed by atoms with Crippen molar-refractivity contribution in [3.8, 4) is 0 Å². The molecule has 0 atom stereocenters. The molecular weight excluding hydrogens is 392 g/mol. The number of hydrogen-bond acceptors (Lipinski definition) is 7. The van der Waals surface area contributed by atoms with E-state index < -0.39 is 0 Å². The molecular formula is C23H28N6O2. The van der Waals surface area contributed by atoms with Gasteiger partial charge in [0.1, 0.15) is 6.34 Å². The van der Waals surface area contributed by atoms with Gasteiger partial charge in [-0.25, -0.2) is 4.99 Å². The molecule has 0 unspecified atom stereocenters. The van der Waals surface area contributed by atoms with Gasteiger partial charge in [-0.3, -0.25) is 9.80 Å². The monoisotopic (exact) mass is 420 g/mol. The molecule has 3 rings (SSSR count). The molecule has 0 saturated carbocycles. The van der Waals surface area contributed by atoms with Gasteiger partial charge in [-0.1, -0.05) is 50.2 Å². The quantitative estimate of drug-likeness (QED) is 0.795. The Hall–Kier alpha value is -3.55. The van der Waals surface area contributed by atoms with E-state index >= 15 is 0 Å². The highest BCUT2D eigenvalue weighted by Gasteiger charge is 2.24. The molecule has 1 aromatic heterocycles. The highest BCUT2D eigenvalue weighted by Crippen LogP contribution is 2.21. The van der Waals surface area contributed by atoms with Gasteiger partial charge in [-0.15, -0.1) is 0 Å². The highest BCUT2D eigenvalue weighted by atomic mass is 16.5. The molecule has 0 radical (unpaired) electrons. The summed E-state index contributed by atoms with van der Waals surface area (Å²) in [5.41, 5.74) is 5.29. The number of aromatic nitrogens is 2. The average Bonchev–Trinajstić information content (AvgIpc) is 3.19. The Labute approximate surface area is 182 Å². The van der Waals surface area contributed by atoms with Crippen LogP contribution >= 0.6 is 0 Å². The lowest BCUT2D eigenvalue weighted by molar-refractivity contribution is 0.0937. The van der Waals surface area contributed by atoms with E-state index in [4.69, 9.17) is 4.52 Å². The third-order valence-corrected chi connectivity index (χ3v) is 4.71. The number of aryl methyl sites for hydroxylation is 1. The lowest BCUT2D eigenvalue weighted by atomic mass is 9.97. The summed E-state index contributed by atoms with van der Waals surface area (Å²) in [6, 6.07) is 6.01. The van der Waals surface area contributed by atoms with Crippen molar-refractivity contribution in [1.82, 2.24) is 20.5 Å². The number of nitrogens with one attached hydrogen (secondary N) is 1. The molecule has 1 aliphatic heterocycles. The third-order valence-electron chi connectivity index (χ3n) is 4.71. The smallest absolute Gasteiger partial charge is 0.292 e. The molecule has 2 heterocycles. The number of hydrazone groups is 1. The number of carbonyl (C=O) groups is 1. The van der Waals surface area contributed by atoms with E-state index in [0.29, 0.717) is 12.4 Å². The van der Waals surface area contributed by atoms with Crippen LogP contribution in [-0.2, 0) is 12.0 Å². The molecule has 0 fully saturated rings. The minimum atomic E-state index is -0.371. The summed E-state index contributed by atoms with van der Waals surface area (Å²) >= 11 is 0. The van der Waals surface area contributed by atoms with Gasteiger partial charge in [0.15, 0.2) is 0 Å². The Bertz CT molecular complexity index is 1100. The third kappa shape index (κ3) is 5.14. The SMILES string of the molecule is C=C(C)/C=C1/C(c2ccc(CNC(=O)c3noc(C(C)(C)C)n3)c(C)c2)=NC=NN1C. The van der Waals surface area contributed by atoms with Crippen molar-refractivity contribution in [3.63, 3.8) is 0 Å². The number of benzene rings is 1. The molecule has 1 aromatic carbocycles. The van der Waals surface area contributed by atoms with Crippen molar-refractivity contribution in [3.05, 3.63) is 70.5 Å². The fourth-order valence-corrected chi connectivity index (χ4v) is 2.98. The van der Waals surface area contributed by atoms with E-state index in [2.05, 4.69) is 32.1 Å². The summed E-state index contributed by atoms with van der Waals surface area (Å²) < 4.78 is 5.19. The number of hydrogen-bond donors (Lipinski definition) is 1. The van der Waals surface area contributed by atoms with E-state index in [9.17, 15) is 4.79 Å². The fraction of sp³-hybridized carbons (Fsp3) is 0.348. The minimum absolute atomic E-state index is 0.0349. The van der Waals surface area contributed by atoms with Crippen LogP contribution in [0.4, 0.5) is 0 Å². The lowest BCUT2D eigenvalue weighted by Gasteiger charge is -2.22. The molecule has 0 saturated heterocycles. The summed E-state index contributed by atoms with van der Waals surface area (Å²) in [5, 5.41) is 12.6. The number of nitrogens with zero attached hydrogens (tertiary/aromatic N) is 5. The summed E-state index contributed by atoms with van der Waals surface area (Å²) in [7, 11) is 1.87. The minimum Gasteiger partial charge on any atom is -0.345 e. The molecule has 1 N–H and O–H groups in total. The standard InChI is InChI=1S/C23H28N6O2/c1-14(2)10-18-19(25-13-26-29(18)7)16-8-9-17(15(3)11-16)12-24-21(30)20-27-22(31-28-20)23(4,5)6/h8-11,13H,1,12H2,2-7H3,(H,24,30)/b18-10-. The van der Waals surface area contributed by atoms with Gasteiger partial charge in [0.05, 0.1) is 11.4 Å². The molecule has 0 aliphatic carbocycles. The zero-order valence-corrected chi connectivity index (χ0v) is 18.9. The van der Waals surface area contributed by atoms with Crippen molar-refractivity contribution in [2.45, 2.75) is 46.6 Å². The van der Waals surface area contributed by atoms with Crippen molar-refractivity contribution < 1.29 is 9.32 Å². The molecule has 1 aliphatic rings. The van der Waals surface area contributed by atoms with Crippen LogP contribution in [0.2, 0.25) is 0 Å². The molecule has 31 heavy (non-hydrogen) atoms. The van der Waals surface area contributed by atoms with Crippen LogP contribution in [0.15, 0.2) is 56.7 Å². The molecule has 0 spiro atoms. The summed E-state index contributed by atoms with van der Waals surface area (Å²) in [6.07, 6.45) is 3.49. The van der Waals surface area contributed by atoms with Gasteiger partial charge >= 0.3 is 0 Å². The number of aliphatic imine (C=N–C) groups is 1. The molecule has 1 amide bonds. The van der Waals surface area contributed by atoms with Gasteiger partial charge in [0.25, 0.3) is 11.7 Å². The van der Waals surface area contributed by atoms with E-state index in [1.165, 1.54) is 6.34 Å². The molecule has 8 heteroatoms. The summed E-state index contributed by atoms with van der Waals surface area (Å²) in [4.78, 5) is 21.1. The second-order valence-corrected chi connectivity index (χ2v) is 8.61. The normalized spacial score (nSPS) is 15.2. The number of likely N-dealkylation sites (N-methyl/N-ethyl adjacent to an activating group) is 1. The second kappa shape index (κ2) is 8.67. The van der Waals surface area contributed by atoms with Crippen LogP contribution in [-0.4, -0.2) is 40.2 Å². The largest absolute Gasteiger partial charge is 0.345 e.